The first-order valence-corrected chi connectivity index (χ1v) is 9.66. The molecular weight excluding hydrogens is 378 g/mol. The minimum absolute atomic E-state index is 0.113. The Hall–Kier alpha value is -2.25. The lowest BCUT2D eigenvalue weighted by molar-refractivity contribution is -0.135. The molecule has 8 heteroatoms. The molecule has 0 amide bonds. The number of hydrogen-bond acceptors (Lipinski definition) is 4. The third-order valence-corrected chi connectivity index (χ3v) is 5.90. The molecule has 0 bridgehead atoms. The van der Waals surface area contributed by atoms with Gasteiger partial charge in [-0.1, -0.05) is 37.6 Å². The lowest BCUT2D eigenvalue weighted by atomic mass is 10.0. The Morgan fingerprint density at radius 1 is 1.19 bits per heavy atom. The summed E-state index contributed by atoms with van der Waals surface area (Å²) >= 11 is 6.02. The van der Waals surface area contributed by atoms with Crippen LogP contribution in [0.3, 0.4) is 0 Å². The molecular formula is C18H20ClNO5S. The summed E-state index contributed by atoms with van der Waals surface area (Å²) < 4.78 is 31.9. The average molecular weight is 398 g/mol. The minimum atomic E-state index is -4.12. The van der Waals surface area contributed by atoms with E-state index in [1.54, 1.807) is 24.3 Å². The third-order valence-electron chi connectivity index (χ3n) is 3.84. The van der Waals surface area contributed by atoms with Gasteiger partial charge in [0.15, 0.2) is 0 Å². The monoisotopic (exact) mass is 397 g/mol. The molecule has 0 unspecified atom stereocenters. The molecule has 0 aromatic heterocycles. The summed E-state index contributed by atoms with van der Waals surface area (Å²) in [6, 6.07) is 10.8. The van der Waals surface area contributed by atoms with Gasteiger partial charge in [-0.2, -0.15) is 0 Å². The third kappa shape index (κ3) is 4.28. The van der Waals surface area contributed by atoms with E-state index < -0.39 is 22.5 Å². The summed E-state index contributed by atoms with van der Waals surface area (Å²) in [5.41, 5.74) is 1.29. The number of halogens is 1. The molecule has 0 fully saturated rings. The van der Waals surface area contributed by atoms with E-state index in [1.807, 2.05) is 13.8 Å². The van der Waals surface area contributed by atoms with Crippen LogP contribution in [0.15, 0.2) is 47.4 Å². The number of anilines is 1. The number of carboxylic acids is 1. The van der Waals surface area contributed by atoms with E-state index in [4.69, 9.17) is 16.3 Å². The Bertz CT molecular complexity index is 894. The number of ether oxygens (including phenoxy) is 1. The topological polar surface area (TPSA) is 83.9 Å². The second kappa shape index (κ2) is 7.97. The van der Waals surface area contributed by atoms with Crippen LogP contribution < -0.4 is 9.04 Å². The maximum atomic E-state index is 13.0. The number of methoxy groups -OCH3 is 1. The maximum absolute atomic E-state index is 13.0. The van der Waals surface area contributed by atoms with Crippen molar-refractivity contribution >= 4 is 33.3 Å². The zero-order valence-corrected chi connectivity index (χ0v) is 16.2. The molecule has 6 nitrogen and oxygen atoms in total. The minimum Gasteiger partial charge on any atom is -0.495 e. The number of sulfonamides is 1. The van der Waals surface area contributed by atoms with Crippen LogP contribution in [-0.2, 0) is 14.8 Å². The fourth-order valence-electron chi connectivity index (χ4n) is 2.40. The summed E-state index contributed by atoms with van der Waals surface area (Å²) in [6.07, 6.45) is 0. The number of carboxylic acid groups (broad SMARTS) is 1. The van der Waals surface area contributed by atoms with Crippen LogP contribution in [0, 0.1) is 0 Å². The number of aliphatic carboxylic acids is 1. The number of nitrogens with zero attached hydrogens (tertiary/aromatic N) is 1. The van der Waals surface area contributed by atoms with E-state index in [-0.39, 0.29) is 21.5 Å². The van der Waals surface area contributed by atoms with Crippen molar-refractivity contribution < 1.29 is 23.1 Å². The van der Waals surface area contributed by atoms with Crippen molar-refractivity contribution in [3.8, 4) is 5.75 Å². The van der Waals surface area contributed by atoms with Crippen LogP contribution in [0.1, 0.15) is 25.3 Å². The molecule has 0 aliphatic heterocycles. The van der Waals surface area contributed by atoms with Crippen LogP contribution >= 0.6 is 11.6 Å². The lowest BCUT2D eigenvalue weighted by Crippen LogP contribution is -2.35. The normalized spacial score (nSPS) is 11.4. The molecule has 2 aromatic carbocycles. The van der Waals surface area contributed by atoms with Gasteiger partial charge in [-0.05, 0) is 41.8 Å². The number of hydrogen-bond donors (Lipinski definition) is 1. The number of rotatable bonds is 7. The highest BCUT2D eigenvalue weighted by Gasteiger charge is 2.28. The fraction of sp³-hybridized carbons (Fsp3) is 0.278. The van der Waals surface area contributed by atoms with Gasteiger partial charge in [-0.3, -0.25) is 9.10 Å². The van der Waals surface area contributed by atoms with Crippen LogP contribution in [-0.4, -0.2) is 33.1 Å². The molecule has 2 rings (SSSR count). The van der Waals surface area contributed by atoms with Crippen LogP contribution in [0.4, 0.5) is 5.69 Å². The lowest BCUT2D eigenvalue weighted by Gasteiger charge is -2.23. The van der Waals surface area contributed by atoms with Crippen molar-refractivity contribution in [1.29, 1.82) is 0 Å². The zero-order chi connectivity index (χ0) is 19.5. The van der Waals surface area contributed by atoms with Gasteiger partial charge >= 0.3 is 5.97 Å². The summed E-state index contributed by atoms with van der Waals surface area (Å²) in [5, 5.41) is 9.31. The second-order valence-corrected chi connectivity index (χ2v) is 8.22. The molecule has 26 heavy (non-hydrogen) atoms. The molecule has 0 atom stereocenters. The van der Waals surface area contributed by atoms with E-state index in [9.17, 15) is 18.3 Å². The molecule has 0 aliphatic rings. The first-order chi connectivity index (χ1) is 12.2. The van der Waals surface area contributed by atoms with Gasteiger partial charge in [-0.15, -0.1) is 0 Å². The van der Waals surface area contributed by atoms with E-state index in [1.165, 1.54) is 25.3 Å². The molecule has 0 spiro atoms. The Morgan fingerprint density at radius 3 is 2.27 bits per heavy atom. The maximum Gasteiger partial charge on any atom is 0.324 e. The molecule has 0 saturated heterocycles. The van der Waals surface area contributed by atoms with Crippen molar-refractivity contribution in [2.24, 2.45) is 0 Å². The van der Waals surface area contributed by atoms with Gasteiger partial charge in [0.25, 0.3) is 10.0 Å². The van der Waals surface area contributed by atoms with Gasteiger partial charge in [-0.25, -0.2) is 8.42 Å². The highest BCUT2D eigenvalue weighted by atomic mass is 35.5. The summed E-state index contributed by atoms with van der Waals surface area (Å²) in [7, 11) is -2.70. The summed E-state index contributed by atoms with van der Waals surface area (Å²) in [5.74, 6) is -0.660. The highest BCUT2D eigenvalue weighted by Crippen LogP contribution is 2.30. The van der Waals surface area contributed by atoms with Crippen molar-refractivity contribution in [3.05, 3.63) is 53.1 Å². The molecule has 140 valence electrons. The SMILES string of the molecule is COc1ccc(S(=O)(=O)N(CC(=O)O)c2ccc(C(C)C)cc2)cc1Cl. The predicted octanol–water partition coefficient (Wildman–Crippen LogP) is 3.75. The molecule has 0 radical (unpaired) electrons. The van der Waals surface area contributed by atoms with Crippen molar-refractivity contribution in [2.75, 3.05) is 18.0 Å². The standard InChI is InChI=1S/C18H20ClNO5S/c1-12(2)13-4-6-14(7-5-13)20(11-18(21)22)26(23,24)15-8-9-17(25-3)16(19)10-15/h4-10,12H,11H2,1-3H3,(H,21,22). The number of carbonyl (C=O) groups is 1. The molecule has 0 heterocycles. The van der Waals surface area contributed by atoms with Gasteiger partial charge in [0.05, 0.1) is 22.7 Å². The van der Waals surface area contributed by atoms with Gasteiger partial charge < -0.3 is 9.84 Å². The first-order valence-electron chi connectivity index (χ1n) is 7.85. The van der Waals surface area contributed by atoms with Crippen molar-refractivity contribution in [2.45, 2.75) is 24.7 Å². The molecule has 2 aromatic rings. The highest BCUT2D eigenvalue weighted by molar-refractivity contribution is 7.92. The second-order valence-electron chi connectivity index (χ2n) is 5.95. The zero-order valence-electron chi connectivity index (χ0n) is 14.6. The van der Waals surface area contributed by atoms with Gasteiger partial charge in [0.1, 0.15) is 12.3 Å². The van der Waals surface area contributed by atoms with E-state index in [2.05, 4.69) is 0 Å². The Morgan fingerprint density at radius 2 is 1.81 bits per heavy atom. The van der Waals surface area contributed by atoms with Gasteiger partial charge in [0.2, 0.25) is 0 Å². The van der Waals surface area contributed by atoms with Gasteiger partial charge in [0, 0.05) is 0 Å². The quantitative estimate of drug-likeness (QED) is 0.769. The summed E-state index contributed by atoms with van der Waals surface area (Å²) in [4.78, 5) is 11.1. The molecule has 0 saturated carbocycles. The van der Waals surface area contributed by atoms with Crippen LogP contribution in [0.2, 0.25) is 5.02 Å². The van der Waals surface area contributed by atoms with E-state index in [0.717, 1.165) is 9.87 Å². The number of benzene rings is 2. The van der Waals surface area contributed by atoms with Crippen LogP contribution in [0.5, 0.6) is 5.75 Å². The Balaban J connectivity index is 2.51. The summed E-state index contributed by atoms with van der Waals surface area (Å²) in [6.45, 7) is 3.33. The van der Waals surface area contributed by atoms with E-state index >= 15 is 0 Å². The van der Waals surface area contributed by atoms with Crippen molar-refractivity contribution in [1.82, 2.24) is 0 Å². The predicted molar refractivity (Wildman–Crippen MR) is 101 cm³/mol. The smallest absolute Gasteiger partial charge is 0.324 e. The van der Waals surface area contributed by atoms with Crippen molar-refractivity contribution in [3.63, 3.8) is 0 Å². The molecule has 1 N–H and O–H groups in total. The van der Waals surface area contributed by atoms with E-state index in [0.29, 0.717) is 5.75 Å². The first kappa shape index (κ1) is 20.1. The Labute approximate surface area is 158 Å². The fourth-order valence-corrected chi connectivity index (χ4v) is 4.16. The molecule has 0 aliphatic carbocycles. The van der Waals surface area contributed by atoms with Crippen LogP contribution in [0.25, 0.3) is 0 Å². The largest absolute Gasteiger partial charge is 0.495 e. The average Bonchev–Trinajstić information content (AvgIpc) is 2.59. The Kier molecular flexibility index (Phi) is 6.15.